The molecule has 0 bridgehead atoms. The standard InChI is InChI=1S/C17H22N4.HI/c1-14-6-5-7-15(12-14)13-21-17(18-2)20-11-9-16-8-3-4-10-19-16;/h3-8,10,12H,9,11,13H2,1-2H3,(H2,18,20,21);1H. The summed E-state index contributed by atoms with van der Waals surface area (Å²) in [7, 11) is 1.78. The van der Waals surface area contributed by atoms with Crippen molar-refractivity contribution in [3.05, 3.63) is 65.5 Å². The van der Waals surface area contributed by atoms with Gasteiger partial charge in [0.25, 0.3) is 0 Å². The predicted molar refractivity (Wildman–Crippen MR) is 103 cm³/mol. The van der Waals surface area contributed by atoms with E-state index in [1.165, 1.54) is 11.1 Å². The van der Waals surface area contributed by atoms with Crippen molar-refractivity contribution in [3.63, 3.8) is 0 Å². The highest BCUT2D eigenvalue weighted by molar-refractivity contribution is 14.0. The summed E-state index contributed by atoms with van der Waals surface area (Å²) in [6, 6.07) is 14.4. The molecule has 2 N–H and O–H groups in total. The molecule has 0 amide bonds. The Balaban J connectivity index is 0.00000242. The number of hydrogen-bond donors (Lipinski definition) is 2. The van der Waals surface area contributed by atoms with Crippen molar-refractivity contribution < 1.29 is 0 Å². The molecule has 0 radical (unpaired) electrons. The van der Waals surface area contributed by atoms with Crippen LogP contribution in [0, 0.1) is 6.92 Å². The van der Waals surface area contributed by atoms with Crippen molar-refractivity contribution in [2.75, 3.05) is 13.6 Å². The first-order valence-corrected chi connectivity index (χ1v) is 7.18. The molecule has 0 aliphatic rings. The maximum Gasteiger partial charge on any atom is 0.191 e. The predicted octanol–water partition coefficient (Wildman–Crippen LogP) is 2.92. The maximum absolute atomic E-state index is 4.30. The monoisotopic (exact) mass is 410 g/mol. The largest absolute Gasteiger partial charge is 0.356 e. The second kappa shape index (κ2) is 10.2. The molecular formula is C17H23IN4. The molecule has 0 aliphatic heterocycles. The Labute approximate surface area is 149 Å². The number of aryl methyl sites for hydroxylation is 1. The average Bonchev–Trinajstić information content (AvgIpc) is 2.52. The van der Waals surface area contributed by atoms with Crippen molar-refractivity contribution in [2.24, 2.45) is 4.99 Å². The number of aromatic nitrogens is 1. The van der Waals surface area contributed by atoms with Crippen LogP contribution in [0.15, 0.2) is 53.7 Å². The third-order valence-electron chi connectivity index (χ3n) is 3.17. The Kier molecular flexibility index (Phi) is 8.50. The van der Waals surface area contributed by atoms with Crippen molar-refractivity contribution in [3.8, 4) is 0 Å². The summed E-state index contributed by atoms with van der Waals surface area (Å²) < 4.78 is 0. The Morgan fingerprint density at radius 3 is 2.68 bits per heavy atom. The van der Waals surface area contributed by atoms with E-state index in [4.69, 9.17) is 0 Å². The highest BCUT2D eigenvalue weighted by atomic mass is 127. The van der Waals surface area contributed by atoms with E-state index in [9.17, 15) is 0 Å². The van der Waals surface area contributed by atoms with Crippen LogP contribution in [-0.2, 0) is 13.0 Å². The summed E-state index contributed by atoms with van der Waals surface area (Å²) >= 11 is 0. The van der Waals surface area contributed by atoms with Gasteiger partial charge >= 0.3 is 0 Å². The number of pyridine rings is 1. The topological polar surface area (TPSA) is 49.3 Å². The summed E-state index contributed by atoms with van der Waals surface area (Å²) in [5.74, 6) is 0.812. The van der Waals surface area contributed by atoms with E-state index >= 15 is 0 Å². The number of guanidine groups is 1. The van der Waals surface area contributed by atoms with Gasteiger partial charge in [-0.15, -0.1) is 24.0 Å². The van der Waals surface area contributed by atoms with E-state index in [0.717, 1.165) is 31.2 Å². The molecule has 0 atom stereocenters. The van der Waals surface area contributed by atoms with Gasteiger partial charge in [0.15, 0.2) is 5.96 Å². The van der Waals surface area contributed by atoms with Crippen LogP contribution in [-0.4, -0.2) is 24.5 Å². The third-order valence-corrected chi connectivity index (χ3v) is 3.17. The first-order chi connectivity index (χ1) is 10.3. The molecule has 1 heterocycles. The Bertz CT molecular complexity index is 584. The van der Waals surface area contributed by atoms with E-state index in [2.05, 4.69) is 51.8 Å². The van der Waals surface area contributed by atoms with Gasteiger partial charge in [0.2, 0.25) is 0 Å². The Morgan fingerprint density at radius 2 is 2.00 bits per heavy atom. The second-order valence-electron chi connectivity index (χ2n) is 4.91. The van der Waals surface area contributed by atoms with Crippen LogP contribution >= 0.6 is 24.0 Å². The fourth-order valence-corrected chi connectivity index (χ4v) is 2.08. The molecule has 0 unspecified atom stereocenters. The van der Waals surface area contributed by atoms with E-state index in [0.29, 0.717) is 0 Å². The molecule has 0 spiro atoms. The van der Waals surface area contributed by atoms with E-state index in [1.807, 2.05) is 24.4 Å². The van der Waals surface area contributed by atoms with Gasteiger partial charge in [-0.1, -0.05) is 35.9 Å². The molecule has 4 nitrogen and oxygen atoms in total. The number of hydrogen-bond acceptors (Lipinski definition) is 2. The number of nitrogens with one attached hydrogen (secondary N) is 2. The van der Waals surface area contributed by atoms with E-state index < -0.39 is 0 Å². The Morgan fingerprint density at radius 1 is 1.14 bits per heavy atom. The van der Waals surface area contributed by atoms with Crippen LogP contribution < -0.4 is 10.6 Å². The van der Waals surface area contributed by atoms with Crippen LogP contribution in [0.1, 0.15) is 16.8 Å². The zero-order valence-electron chi connectivity index (χ0n) is 13.0. The van der Waals surface area contributed by atoms with Gasteiger partial charge < -0.3 is 10.6 Å². The highest BCUT2D eigenvalue weighted by Crippen LogP contribution is 2.03. The van der Waals surface area contributed by atoms with Crippen LogP contribution in [0.3, 0.4) is 0 Å². The van der Waals surface area contributed by atoms with Gasteiger partial charge in [0.05, 0.1) is 0 Å². The van der Waals surface area contributed by atoms with E-state index in [1.54, 1.807) is 7.05 Å². The zero-order valence-corrected chi connectivity index (χ0v) is 15.4. The van der Waals surface area contributed by atoms with Crippen LogP contribution in [0.2, 0.25) is 0 Å². The minimum absolute atomic E-state index is 0. The molecule has 22 heavy (non-hydrogen) atoms. The lowest BCUT2D eigenvalue weighted by molar-refractivity contribution is 0.784. The maximum atomic E-state index is 4.30. The number of rotatable bonds is 5. The summed E-state index contributed by atoms with van der Waals surface area (Å²) in [5, 5.41) is 6.62. The molecule has 118 valence electrons. The first-order valence-electron chi connectivity index (χ1n) is 7.18. The SMILES string of the molecule is CN=C(NCCc1ccccn1)NCc1cccc(C)c1.I. The summed E-state index contributed by atoms with van der Waals surface area (Å²) in [5.41, 5.74) is 3.61. The third kappa shape index (κ3) is 6.43. The number of halogens is 1. The highest BCUT2D eigenvalue weighted by Gasteiger charge is 1.99. The fraction of sp³-hybridized carbons (Fsp3) is 0.294. The lowest BCUT2D eigenvalue weighted by atomic mass is 10.1. The van der Waals surface area contributed by atoms with Gasteiger partial charge in [0, 0.05) is 38.4 Å². The zero-order chi connectivity index (χ0) is 14.9. The lowest BCUT2D eigenvalue weighted by Crippen LogP contribution is -2.37. The summed E-state index contributed by atoms with van der Waals surface area (Å²) in [6.07, 6.45) is 2.70. The van der Waals surface area contributed by atoms with Crippen molar-refractivity contribution in [1.29, 1.82) is 0 Å². The second-order valence-corrected chi connectivity index (χ2v) is 4.91. The molecule has 1 aromatic heterocycles. The summed E-state index contributed by atoms with van der Waals surface area (Å²) in [6.45, 7) is 3.68. The molecule has 0 fully saturated rings. The molecule has 0 saturated heterocycles. The van der Waals surface area contributed by atoms with Crippen LogP contribution in [0.25, 0.3) is 0 Å². The van der Waals surface area contributed by atoms with Gasteiger partial charge in [-0.05, 0) is 24.6 Å². The van der Waals surface area contributed by atoms with Gasteiger partial charge in [-0.2, -0.15) is 0 Å². The van der Waals surface area contributed by atoms with Crippen molar-refractivity contribution in [1.82, 2.24) is 15.6 Å². The first kappa shape index (κ1) is 18.4. The van der Waals surface area contributed by atoms with Crippen molar-refractivity contribution in [2.45, 2.75) is 19.9 Å². The van der Waals surface area contributed by atoms with Gasteiger partial charge in [-0.3, -0.25) is 9.98 Å². The molecule has 0 aliphatic carbocycles. The molecular weight excluding hydrogens is 387 g/mol. The lowest BCUT2D eigenvalue weighted by Gasteiger charge is -2.12. The van der Waals surface area contributed by atoms with E-state index in [-0.39, 0.29) is 24.0 Å². The normalized spacial score (nSPS) is 10.7. The number of nitrogens with zero attached hydrogens (tertiary/aromatic N) is 2. The molecule has 1 aromatic carbocycles. The van der Waals surface area contributed by atoms with Crippen LogP contribution in [0.4, 0.5) is 0 Å². The molecule has 2 aromatic rings. The van der Waals surface area contributed by atoms with Crippen LogP contribution in [0.5, 0.6) is 0 Å². The quantitative estimate of drug-likeness (QED) is 0.453. The van der Waals surface area contributed by atoms with Gasteiger partial charge in [-0.25, -0.2) is 0 Å². The molecule has 2 rings (SSSR count). The molecule has 0 saturated carbocycles. The summed E-state index contributed by atoms with van der Waals surface area (Å²) in [4.78, 5) is 8.54. The Hall–Kier alpha value is -1.63. The smallest absolute Gasteiger partial charge is 0.191 e. The fourth-order valence-electron chi connectivity index (χ4n) is 2.08. The number of benzene rings is 1. The number of aliphatic imine (C=N–C) groups is 1. The minimum Gasteiger partial charge on any atom is -0.356 e. The van der Waals surface area contributed by atoms with Gasteiger partial charge in [0.1, 0.15) is 0 Å². The van der Waals surface area contributed by atoms with Crippen molar-refractivity contribution >= 4 is 29.9 Å². The molecule has 5 heteroatoms. The minimum atomic E-state index is 0. The average molecular weight is 410 g/mol.